The lowest BCUT2D eigenvalue weighted by Crippen LogP contribution is -2.07. The molecule has 0 unspecified atom stereocenters. The molecule has 0 spiro atoms. The normalized spacial score (nSPS) is 11.2. The fourth-order valence-electron chi connectivity index (χ4n) is 1.21. The third kappa shape index (κ3) is 3.72. The van der Waals surface area contributed by atoms with Gasteiger partial charge < -0.3 is 15.2 Å². The molecule has 1 aromatic carbocycles. The second-order valence-corrected chi connectivity index (χ2v) is 3.29. The van der Waals surface area contributed by atoms with E-state index in [-0.39, 0.29) is 24.4 Å². The molecule has 16 heavy (non-hydrogen) atoms. The van der Waals surface area contributed by atoms with E-state index >= 15 is 0 Å². The number of methoxy groups -OCH3 is 1. The highest BCUT2D eigenvalue weighted by Gasteiger charge is 2.09. The summed E-state index contributed by atoms with van der Waals surface area (Å²) >= 11 is 0. The number of nitrogens with two attached hydrogens (primary N) is 1. The van der Waals surface area contributed by atoms with E-state index in [0.29, 0.717) is 11.5 Å². The van der Waals surface area contributed by atoms with E-state index in [1.165, 1.54) is 14.0 Å². The van der Waals surface area contributed by atoms with Crippen LogP contribution in [0.5, 0.6) is 11.5 Å². The van der Waals surface area contributed by atoms with Gasteiger partial charge in [-0.2, -0.15) is 0 Å². The number of carbonyl (C=O) groups excluding carboxylic acids is 1. The Balaban J connectivity index is 0.00000225. The van der Waals surface area contributed by atoms with E-state index in [4.69, 9.17) is 15.2 Å². The first-order valence-electron chi connectivity index (χ1n) is 4.66. The fraction of sp³-hybridized carbons (Fsp3) is 0.364. The van der Waals surface area contributed by atoms with Crippen LogP contribution in [0.15, 0.2) is 18.2 Å². The maximum absolute atomic E-state index is 10.8. The van der Waals surface area contributed by atoms with Crippen LogP contribution in [-0.4, -0.2) is 13.1 Å². The number of hydrogen-bond acceptors (Lipinski definition) is 4. The van der Waals surface area contributed by atoms with Crippen molar-refractivity contribution < 1.29 is 14.3 Å². The highest BCUT2D eigenvalue weighted by Crippen LogP contribution is 2.29. The number of halogens is 1. The lowest BCUT2D eigenvalue weighted by Gasteiger charge is -2.11. The minimum Gasteiger partial charge on any atom is -0.493 e. The summed E-state index contributed by atoms with van der Waals surface area (Å²) in [6, 6.07) is 5.18. The van der Waals surface area contributed by atoms with E-state index in [1.54, 1.807) is 12.1 Å². The molecule has 0 aliphatic rings. The Bertz CT molecular complexity index is 366. The maximum atomic E-state index is 10.8. The van der Waals surface area contributed by atoms with E-state index < -0.39 is 0 Å². The Morgan fingerprint density at radius 1 is 1.38 bits per heavy atom. The van der Waals surface area contributed by atoms with Crippen molar-refractivity contribution in [1.29, 1.82) is 0 Å². The molecule has 1 atom stereocenters. The van der Waals surface area contributed by atoms with Crippen LogP contribution in [0.3, 0.4) is 0 Å². The molecule has 1 aromatic rings. The zero-order valence-electron chi connectivity index (χ0n) is 9.52. The standard InChI is InChI=1S/C11H15NO3.ClH/c1-7(12)9-4-5-10(15-8(2)13)11(6-9)14-3;/h4-7H,12H2,1-3H3;1H/t7-;/m1./s1. The lowest BCUT2D eigenvalue weighted by atomic mass is 10.1. The van der Waals surface area contributed by atoms with Crippen LogP contribution in [-0.2, 0) is 4.79 Å². The van der Waals surface area contributed by atoms with Crippen LogP contribution in [0.2, 0.25) is 0 Å². The molecule has 0 fully saturated rings. The molecule has 5 heteroatoms. The van der Waals surface area contributed by atoms with Crippen molar-refractivity contribution in [3.8, 4) is 11.5 Å². The topological polar surface area (TPSA) is 61.6 Å². The molecule has 2 N–H and O–H groups in total. The molecule has 0 bridgehead atoms. The van der Waals surface area contributed by atoms with E-state index in [2.05, 4.69) is 0 Å². The molecule has 0 heterocycles. The zero-order valence-corrected chi connectivity index (χ0v) is 10.3. The summed E-state index contributed by atoms with van der Waals surface area (Å²) in [7, 11) is 1.52. The smallest absolute Gasteiger partial charge is 0.308 e. The maximum Gasteiger partial charge on any atom is 0.308 e. The monoisotopic (exact) mass is 245 g/mol. The first kappa shape index (κ1) is 14.7. The number of ether oxygens (including phenoxy) is 2. The number of benzene rings is 1. The third-order valence-corrected chi connectivity index (χ3v) is 1.97. The third-order valence-electron chi connectivity index (χ3n) is 1.97. The number of esters is 1. The van der Waals surface area contributed by atoms with Crippen molar-refractivity contribution in [3.63, 3.8) is 0 Å². The summed E-state index contributed by atoms with van der Waals surface area (Å²) < 4.78 is 10.1. The molecule has 1 rings (SSSR count). The van der Waals surface area contributed by atoms with Gasteiger partial charge in [-0.1, -0.05) is 6.07 Å². The molecule has 0 aromatic heterocycles. The predicted octanol–water partition coefficient (Wildman–Crippen LogP) is 2.06. The van der Waals surface area contributed by atoms with Gasteiger partial charge in [-0.05, 0) is 24.6 Å². The SMILES string of the molecule is COc1cc([C@@H](C)N)ccc1OC(C)=O.Cl. The Hall–Kier alpha value is -1.26. The quantitative estimate of drug-likeness (QED) is 0.654. The molecule has 90 valence electrons. The number of hydrogen-bond donors (Lipinski definition) is 1. The van der Waals surface area contributed by atoms with Crippen LogP contribution >= 0.6 is 12.4 Å². The van der Waals surface area contributed by atoms with Gasteiger partial charge in [-0.3, -0.25) is 4.79 Å². The molecule has 0 amide bonds. The van der Waals surface area contributed by atoms with Crippen LogP contribution < -0.4 is 15.2 Å². The van der Waals surface area contributed by atoms with Crippen LogP contribution in [0.1, 0.15) is 25.5 Å². The van der Waals surface area contributed by atoms with Gasteiger partial charge in [-0.25, -0.2) is 0 Å². The molecule has 0 saturated carbocycles. The van der Waals surface area contributed by atoms with Gasteiger partial charge in [-0.15, -0.1) is 12.4 Å². The molecule has 0 aliphatic carbocycles. The Labute approximate surface area is 101 Å². The fourth-order valence-corrected chi connectivity index (χ4v) is 1.21. The lowest BCUT2D eigenvalue weighted by molar-refractivity contribution is -0.132. The van der Waals surface area contributed by atoms with Gasteiger partial charge in [0.05, 0.1) is 7.11 Å². The average molecular weight is 246 g/mol. The van der Waals surface area contributed by atoms with E-state index in [9.17, 15) is 4.79 Å². The first-order chi connectivity index (χ1) is 7.04. The Morgan fingerprint density at radius 2 is 2.00 bits per heavy atom. The van der Waals surface area contributed by atoms with Crippen molar-refractivity contribution in [3.05, 3.63) is 23.8 Å². The molecular weight excluding hydrogens is 230 g/mol. The van der Waals surface area contributed by atoms with Gasteiger partial charge in [0.15, 0.2) is 11.5 Å². The number of rotatable bonds is 3. The molecule has 0 saturated heterocycles. The highest BCUT2D eigenvalue weighted by molar-refractivity contribution is 5.85. The van der Waals surface area contributed by atoms with E-state index in [0.717, 1.165) is 5.56 Å². The van der Waals surface area contributed by atoms with Crippen molar-refractivity contribution >= 4 is 18.4 Å². The van der Waals surface area contributed by atoms with Crippen molar-refractivity contribution in [2.24, 2.45) is 5.73 Å². The van der Waals surface area contributed by atoms with Gasteiger partial charge in [0.2, 0.25) is 0 Å². The number of carbonyl (C=O) groups is 1. The zero-order chi connectivity index (χ0) is 11.4. The summed E-state index contributed by atoms with van der Waals surface area (Å²) in [5, 5.41) is 0. The molecular formula is C11H16ClNO3. The summed E-state index contributed by atoms with van der Waals surface area (Å²) in [4.78, 5) is 10.8. The summed E-state index contributed by atoms with van der Waals surface area (Å²) in [5.41, 5.74) is 6.66. The summed E-state index contributed by atoms with van der Waals surface area (Å²) in [5.74, 6) is 0.552. The first-order valence-corrected chi connectivity index (χ1v) is 4.66. The van der Waals surface area contributed by atoms with Crippen LogP contribution in [0.4, 0.5) is 0 Å². The average Bonchev–Trinajstić information content (AvgIpc) is 2.17. The van der Waals surface area contributed by atoms with Gasteiger partial charge >= 0.3 is 5.97 Å². The summed E-state index contributed by atoms with van der Waals surface area (Å²) in [6.07, 6.45) is 0. The second-order valence-electron chi connectivity index (χ2n) is 3.29. The van der Waals surface area contributed by atoms with Crippen LogP contribution in [0, 0.1) is 0 Å². The predicted molar refractivity (Wildman–Crippen MR) is 64.2 cm³/mol. The van der Waals surface area contributed by atoms with E-state index in [1.807, 2.05) is 13.0 Å². The van der Waals surface area contributed by atoms with Crippen molar-refractivity contribution in [2.75, 3.05) is 7.11 Å². The van der Waals surface area contributed by atoms with Gasteiger partial charge in [0.25, 0.3) is 0 Å². The highest BCUT2D eigenvalue weighted by atomic mass is 35.5. The molecule has 4 nitrogen and oxygen atoms in total. The van der Waals surface area contributed by atoms with Gasteiger partial charge in [0, 0.05) is 13.0 Å². The van der Waals surface area contributed by atoms with Crippen molar-refractivity contribution in [2.45, 2.75) is 19.9 Å². The van der Waals surface area contributed by atoms with Gasteiger partial charge in [0.1, 0.15) is 0 Å². The minimum absolute atomic E-state index is 0. The summed E-state index contributed by atoms with van der Waals surface area (Å²) in [6.45, 7) is 3.22. The molecule has 0 aliphatic heterocycles. The van der Waals surface area contributed by atoms with Crippen molar-refractivity contribution in [1.82, 2.24) is 0 Å². The Kier molecular flexibility index (Phi) is 5.85. The largest absolute Gasteiger partial charge is 0.493 e. The Morgan fingerprint density at radius 3 is 2.44 bits per heavy atom. The molecule has 0 radical (unpaired) electrons. The second kappa shape index (κ2) is 6.35. The van der Waals surface area contributed by atoms with Crippen LogP contribution in [0.25, 0.3) is 0 Å². The minimum atomic E-state index is -0.373.